The van der Waals surface area contributed by atoms with E-state index in [1.165, 1.54) is 25.7 Å². The zero-order valence-electron chi connectivity index (χ0n) is 6.61. The van der Waals surface area contributed by atoms with Crippen LogP contribution in [0.25, 0.3) is 0 Å². The van der Waals surface area contributed by atoms with Gasteiger partial charge in [-0.15, -0.1) is 0 Å². The van der Waals surface area contributed by atoms with Crippen LogP contribution >= 0.6 is 15.9 Å². The van der Waals surface area contributed by atoms with Gasteiger partial charge in [0.05, 0.1) is 12.6 Å². The summed E-state index contributed by atoms with van der Waals surface area (Å²) in [6.07, 6.45) is 5.44. The van der Waals surface area contributed by atoms with Gasteiger partial charge in [0.2, 0.25) is 0 Å². The summed E-state index contributed by atoms with van der Waals surface area (Å²) in [5.74, 6) is 0. The van der Waals surface area contributed by atoms with Crippen LogP contribution in [-0.4, -0.2) is 12.6 Å². The predicted molar refractivity (Wildman–Crippen MR) is 49.4 cm³/mol. The highest BCUT2D eigenvalue weighted by Gasteiger charge is 2.14. The Kier molecular flexibility index (Phi) is 4.12. The summed E-state index contributed by atoms with van der Waals surface area (Å²) in [6, 6.07) is 0. The first kappa shape index (κ1) is 9.23. The second kappa shape index (κ2) is 4.91. The van der Waals surface area contributed by atoms with Crippen molar-refractivity contribution in [3.63, 3.8) is 0 Å². The maximum atomic E-state index is 5.37. The van der Waals surface area contributed by atoms with Crippen LogP contribution < -0.4 is 5.48 Å². The minimum absolute atomic E-state index is 0.432. The highest BCUT2D eigenvalue weighted by atomic mass is 79.9. The van der Waals surface area contributed by atoms with Crippen LogP contribution in [0.2, 0.25) is 0 Å². The lowest BCUT2D eigenvalue weighted by Crippen LogP contribution is -2.22. The third-order valence-electron chi connectivity index (χ3n) is 1.82. The van der Waals surface area contributed by atoms with Gasteiger partial charge >= 0.3 is 0 Å². The van der Waals surface area contributed by atoms with E-state index in [1.54, 1.807) is 0 Å². The van der Waals surface area contributed by atoms with Crippen LogP contribution in [0.4, 0.5) is 0 Å². The first-order valence-corrected chi connectivity index (χ1v) is 4.80. The molecule has 0 spiro atoms. The summed E-state index contributed by atoms with van der Waals surface area (Å²) in [5.41, 5.74) is 2.88. The smallest absolute Gasteiger partial charge is 0.0790 e. The van der Waals surface area contributed by atoms with Gasteiger partial charge in [-0.05, 0) is 12.8 Å². The summed E-state index contributed by atoms with van der Waals surface area (Å²) in [6.45, 7) is 4.38. The fraction of sp³-hybridized carbons (Fsp3) is 0.750. The lowest BCUT2D eigenvalue weighted by atomic mass is 10.3. The van der Waals surface area contributed by atoms with Crippen molar-refractivity contribution in [1.29, 1.82) is 0 Å². The molecule has 0 atom stereocenters. The maximum absolute atomic E-state index is 5.37. The molecule has 0 unspecified atom stereocenters. The van der Waals surface area contributed by atoms with Crippen molar-refractivity contribution < 1.29 is 4.84 Å². The Labute approximate surface area is 76.1 Å². The lowest BCUT2D eigenvalue weighted by molar-refractivity contribution is -0.0150. The summed E-state index contributed by atoms with van der Waals surface area (Å²) in [5, 5.41) is 0. The van der Waals surface area contributed by atoms with Crippen molar-refractivity contribution in [2.24, 2.45) is 0 Å². The average Bonchev–Trinajstić information content (AvgIpc) is 2.39. The first-order valence-electron chi connectivity index (χ1n) is 4.01. The number of hydrogen-bond donors (Lipinski definition) is 1. The Morgan fingerprint density at radius 3 is 2.73 bits per heavy atom. The van der Waals surface area contributed by atoms with Crippen molar-refractivity contribution in [2.75, 3.05) is 6.54 Å². The monoisotopic (exact) mass is 219 g/mol. The molecule has 1 fully saturated rings. The lowest BCUT2D eigenvalue weighted by Gasteiger charge is -2.10. The molecule has 0 amide bonds. The topological polar surface area (TPSA) is 21.3 Å². The molecule has 1 aliphatic rings. The largest absolute Gasteiger partial charge is 0.298 e. The summed E-state index contributed by atoms with van der Waals surface area (Å²) in [7, 11) is 0. The Balaban J connectivity index is 1.98. The van der Waals surface area contributed by atoms with Crippen LogP contribution in [0.1, 0.15) is 25.7 Å². The molecule has 0 bridgehead atoms. The van der Waals surface area contributed by atoms with Gasteiger partial charge < -0.3 is 0 Å². The van der Waals surface area contributed by atoms with E-state index in [0.717, 1.165) is 4.48 Å². The van der Waals surface area contributed by atoms with E-state index in [2.05, 4.69) is 28.0 Å². The molecule has 1 aliphatic carbocycles. The fourth-order valence-corrected chi connectivity index (χ4v) is 1.36. The third-order valence-corrected chi connectivity index (χ3v) is 2.10. The molecule has 0 aromatic rings. The zero-order valence-corrected chi connectivity index (χ0v) is 8.19. The van der Waals surface area contributed by atoms with Gasteiger partial charge in [0.25, 0.3) is 0 Å². The Hall–Kier alpha value is 0.140. The summed E-state index contributed by atoms with van der Waals surface area (Å²) >= 11 is 3.25. The van der Waals surface area contributed by atoms with Crippen molar-refractivity contribution in [2.45, 2.75) is 31.8 Å². The van der Waals surface area contributed by atoms with Gasteiger partial charge in [-0.3, -0.25) is 4.84 Å². The van der Waals surface area contributed by atoms with Gasteiger partial charge in [-0.25, -0.2) is 0 Å². The van der Waals surface area contributed by atoms with E-state index in [9.17, 15) is 0 Å². The van der Waals surface area contributed by atoms with E-state index in [1.807, 2.05) is 0 Å². The van der Waals surface area contributed by atoms with Crippen LogP contribution in [0.15, 0.2) is 11.1 Å². The van der Waals surface area contributed by atoms with E-state index < -0.39 is 0 Å². The SMILES string of the molecule is C=C(Br)CNOC1CCCC1. The van der Waals surface area contributed by atoms with E-state index in [-0.39, 0.29) is 0 Å². The van der Waals surface area contributed by atoms with Crippen LogP contribution in [0.5, 0.6) is 0 Å². The molecule has 11 heavy (non-hydrogen) atoms. The zero-order chi connectivity index (χ0) is 8.10. The molecule has 0 radical (unpaired) electrons. The number of hydrogen-bond acceptors (Lipinski definition) is 2. The number of halogens is 1. The molecule has 3 heteroatoms. The second-order valence-electron chi connectivity index (χ2n) is 2.86. The Bertz CT molecular complexity index is 132. The van der Waals surface area contributed by atoms with Crippen molar-refractivity contribution >= 4 is 15.9 Å². The highest BCUT2D eigenvalue weighted by molar-refractivity contribution is 9.11. The number of rotatable bonds is 4. The van der Waals surface area contributed by atoms with E-state index in [4.69, 9.17) is 4.84 Å². The molecular formula is C8H14BrNO. The van der Waals surface area contributed by atoms with Gasteiger partial charge in [-0.1, -0.05) is 35.4 Å². The minimum atomic E-state index is 0.432. The molecule has 0 aromatic carbocycles. The molecule has 1 N–H and O–H groups in total. The Morgan fingerprint density at radius 1 is 1.55 bits per heavy atom. The standard InChI is InChI=1S/C8H14BrNO/c1-7(9)6-10-11-8-4-2-3-5-8/h8,10H,1-6H2. The number of nitrogens with one attached hydrogen (secondary N) is 1. The first-order chi connectivity index (χ1) is 5.29. The number of hydroxylamine groups is 1. The molecule has 0 heterocycles. The quantitative estimate of drug-likeness (QED) is 0.734. The second-order valence-corrected chi connectivity index (χ2v) is 3.98. The predicted octanol–water partition coefficient (Wildman–Crippen LogP) is 2.36. The molecule has 0 saturated heterocycles. The molecule has 2 nitrogen and oxygen atoms in total. The normalized spacial score (nSPS) is 19.0. The molecule has 64 valence electrons. The van der Waals surface area contributed by atoms with Gasteiger partial charge in [0.1, 0.15) is 0 Å². The van der Waals surface area contributed by atoms with Crippen molar-refractivity contribution in [3.05, 3.63) is 11.1 Å². The Morgan fingerprint density at radius 2 is 2.18 bits per heavy atom. The third kappa shape index (κ3) is 3.89. The summed E-state index contributed by atoms with van der Waals surface area (Å²) in [4.78, 5) is 5.37. The van der Waals surface area contributed by atoms with E-state index >= 15 is 0 Å². The molecule has 0 aliphatic heterocycles. The van der Waals surface area contributed by atoms with Gasteiger partial charge in [-0.2, -0.15) is 5.48 Å². The highest BCUT2D eigenvalue weighted by Crippen LogP contribution is 2.19. The fourth-order valence-electron chi connectivity index (χ4n) is 1.24. The van der Waals surface area contributed by atoms with Gasteiger partial charge in [0, 0.05) is 4.48 Å². The molecule has 1 saturated carbocycles. The van der Waals surface area contributed by atoms with Gasteiger partial charge in [0.15, 0.2) is 0 Å². The molecular weight excluding hydrogens is 206 g/mol. The molecule has 0 aromatic heterocycles. The van der Waals surface area contributed by atoms with Crippen LogP contribution in [0.3, 0.4) is 0 Å². The van der Waals surface area contributed by atoms with Crippen LogP contribution in [-0.2, 0) is 4.84 Å². The summed E-state index contributed by atoms with van der Waals surface area (Å²) < 4.78 is 0.926. The molecule has 1 rings (SSSR count). The average molecular weight is 220 g/mol. The maximum Gasteiger partial charge on any atom is 0.0790 e. The minimum Gasteiger partial charge on any atom is -0.298 e. The van der Waals surface area contributed by atoms with Crippen molar-refractivity contribution in [1.82, 2.24) is 5.48 Å². The van der Waals surface area contributed by atoms with Crippen molar-refractivity contribution in [3.8, 4) is 0 Å². The van der Waals surface area contributed by atoms with E-state index in [0.29, 0.717) is 12.6 Å². The van der Waals surface area contributed by atoms with Crippen LogP contribution in [0, 0.1) is 0 Å².